The summed E-state index contributed by atoms with van der Waals surface area (Å²) in [6.07, 6.45) is 0. The molecule has 0 bridgehead atoms. The molecular formula is C15H13BrIN3O. The van der Waals surface area contributed by atoms with E-state index in [-0.39, 0.29) is 11.7 Å². The van der Waals surface area contributed by atoms with Gasteiger partial charge in [-0.05, 0) is 75.3 Å². The van der Waals surface area contributed by atoms with Crippen LogP contribution in [-0.4, -0.2) is 9.97 Å². The highest BCUT2D eigenvalue weighted by atomic mass is 127. The number of H-pyrrole nitrogens is 2. The molecule has 2 aromatic carbocycles. The van der Waals surface area contributed by atoms with Crippen LogP contribution < -0.4 is 11.0 Å². The molecule has 108 valence electrons. The van der Waals surface area contributed by atoms with Crippen LogP contribution in [0.5, 0.6) is 0 Å². The van der Waals surface area contributed by atoms with E-state index in [9.17, 15) is 4.79 Å². The Morgan fingerprint density at radius 1 is 1.14 bits per heavy atom. The number of anilines is 1. The Labute approximate surface area is 143 Å². The highest BCUT2D eigenvalue weighted by Gasteiger charge is 2.10. The van der Waals surface area contributed by atoms with Crippen molar-refractivity contribution in [1.29, 1.82) is 0 Å². The molecule has 0 radical (unpaired) electrons. The van der Waals surface area contributed by atoms with Gasteiger partial charge in [-0.15, -0.1) is 0 Å². The van der Waals surface area contributed by atoms with Crippen LogP contribution in [0.15, 0.2) is 45.7 Å². The average molecular weight is 458 g/mol. The van der Waals surface area contributed by atoms with Crippen LogP contribution >= 0.6 is 38.5 Å². The van der Waals surface area contributed by atoms with Gasteiger partial charge in [0.15, 0.2) is 0 Å². The van der Waals surface area contributed by atoms with Crippen molar-refractivity contribution in [3.8, 4) is 0 Å². The van der Waals surface area contributed by atoms with E-state index >= 15 is 0 Å². The van der Waals surface area contributed by atoms with Gasteiger partial charge < -0.3 is 15.3 Å². The minimum atomic E-state index is -0.195. The molecule has 3 N–H and O–H groups in total. The largest absolute Gasteiger partial charge is 0.378 e. The van der Waals surface area contributed by atoms with Gasteiger partial charge in [0.25, 0.3) is 0 Å². The molecular weight excluding hydrogens is 445 g/mol. The standard InChI is InChI=1S/C15H13BrIN3O/c1-8(9-2-4-10(17)5-3-9)18-12-7-14-13(6-11(12)16)19-15(21)20-14/h2-8,18H,1H3,(H2,19,20,21). The number of imidazole rings is 1. The zero-order chi connectivity index (χ0) is 15.0. The first-order valence-electron chi connectivity index (χ1n) is 6.46. The van der Waals surface area contributed by atoms with E-state index in [1.807, 2.05) is 12.1 Å². The first-order chi connectivity index (χ1) is 10.0. The monoisotopic (exact) mass is 457 g/mol. The Balaban J connectivity index is 1.91. The maximum absolute atomic E-state index is 11.3. The van der Waals surface area contributed by atoms with E-state index in [0.717, 1.165) is 21.2 Å². The number of rotatable bonds is 3. The summed E-state index contributed by atoms with van der Waals surface area (Å²) in [5.41, 5.74) is 3.55. The summed E-state index contributed by atoms with van der Waals surface area (Å²) < 4.78 is 2.14. The Kier molecular flexibility index (Phi) is 4.08. The molecule has 3 aromatic rings. The second-order valence-electron chi connectivity index (χ2n) is 4.87. The number of halogens is 2. The lowest BCUT2D eigenvalue weighted by molar-refractivity contribution is 0.883. The normalized spacial score (nSPS) is 12.5. The van der Waals surface area contributed by atoms with E-state index in [4.69, 9.17) is 0 Å². The van der Waals surface area contributed by atoms with E-state index in [1.54, 1.807) is 0 Å². The Morgan fingerprint density at radius 2 is 1.76 bits per heavy atom. The lowest BCUT2D eigenvalue weighted by atomic mass is 10.1. The first kappa shape index (κ1) is 14.6. The third-order valence-electron chi connectivity index (χ3n) is 3.35. The summed E-state index contributed by atoms with van der Waals surface area (Å²) in [4.78, 5) is 16.9. The molecule has 0 spiro atoms. The van der Waals surface area contributed by atoms with Crippen LogP contribution in [-0.2, 0) is 0 Å². The van der Waals surface area contributed by atoms with Gasteiger partial charge in [0, 0.05) is 14.1 Å². The fraction of sp³-hybridized carbons (Fsp3) is 0.133. The maximum atomic E-state index is 11.3. The molecule has 1 aromatic heterocycles. The van der Waals surface area contributed by atoms with Crippen molar-refractivity contribution in [3.63, 3.8) is 0 Å². The highest BCUT2D eigenvalue weighted by Crippen LogP contribution is 2.29. The van der Waals surface area contributed by atoms with Crippen LogP contribution in [0.3, 0.4) is 0 Å². The van der Waals surface area contributed by atoms with E-state index < -0.39 is 0 Å². The van der Waals surface area contributed by atoms with Gasteiger partial charge >= 0.3 is 5.69 Å². The molecule has 0 aliphatic rings. The zero-order valence-electron chi connectivity index (χ0n) is 11.2. The molecule has 6 heteroatoms. The number of benzene rings is 2. The second kappa shape index (κ2) is 5.84. The summed E-state index contributed by atoms with van der Waals surface area (Å²) in [5, 5.41) is 3.46. The second-order valence-corrected chi connectivity index (χ2v) is 6.97. The number of nitrogens with one attached hydrogen (secondary N) is 3. The summed E-state index contributed by atoms with van der Waals surface area (Å²) in [5.74, 6) is 0. The zero-order valence-corrected chi connectivity index (χ0v) is 14.9. The van der Waals surface area contributed by atoms with Crippen molar-refractivity contribution in [1.82, 2.24) is 9.97 Å². The quantitative estimate of drug-likeness (QED) is 0.510. The molecule has 3 rings (SSSR count). The van der Waals surface area contributed by atoms with Gasteiger partial charge in [0.05, 0.1) is 16.7 Å². The summed E-state index contributed by atoms with van der Waals surface area (Å²) >= 11 is 5.84. The number of hydrogen-bond donors (Lipinski definition) is 3. The molecule has 4 nitrogen and oxygen atoms in total. The molecule has 21 heavy (non-hydrogen) atoms. The molecule has 1 heterocycles. The van der Waals surface area contributed by atoms with Gasteiger partial charge in [0.2, 0.25) is 0 Å². The molecule has 1 atom stereocenters. The van der Waals surface area contributed by atoms with E-state index in [0.29, 0.717) is 0 Å². The predicted molar refractivity (Wildman–Crippen MR) is 97.8 cm³/mol. The van der Waals surface area contributed by atoms with Crippen LogP contribution in [0.4, 0.5) is 5.69 Å². The van der Waals surface area contributed by atoms with Crippen molar-refractivity contribution in [3.05, 3.63) is 60.5 Å². The predicted octanol–water partition coefficient (Wildman–Crippen LogP) is 4.40. The third-order valence-corrected chi connectivity index (χ3v) is 4.72. The summed E-state index contributed by atoms with van der Waals surface area (Å²) in [7, 11) is 0. The topological polar surface area (TPSA) is 60.7 Å². The number of hydrogen-bond acceptors (Lipinski definition) is 2. The molecule has 0 aliphatic carbocycles. The van der Waals surface area contributed by atoms with Crippen molar-refractivity contribution >= 4 is 55.2 Å². The smallest absolute Gasteiger partial charge is 0.323 e. The maximum Gasteiger partial charge on any atom is 0.323 e. The number of aromatic nitrogens is 2. The minimum absolute atomic E-state index is 0.168. The molecule has 0 fully saturated rings. The van der Waals surface area contributed by atoms with Crippen LogP contribution in [0, 0.1) is 3.57 Å². The van der Waals surface area contributed by atoms with E-state index in [1.165, 1.54) is 9.13 Å². The van der Waals surface area contributed by atoms with Crippen LogP contribution in [0.1, 0.15) is 18.5 Å². The van der Waals surface area contributed by atoms with Crippen molar-refractivity contribution in [2.75, 3.05) is 5.32 Å². The SMILES string of the molecule is CC(Nc1cc2[nH]c(=O)[nH]c2cc1Br)c1ccc(I)cc1. The van der Waals surface area contributed by atoms with Gasteiger partial charge in [-0.2, -0.15) is 0 Å². The van der Waals surface area contributed by atoms with Crippen LogP contribution in [0.2, 0.25) is 0 Å². The fourth-order valence-electron chi connectivity index (χ4n) is 2.23. The van der Waals surface area contributed by atoms with Crippen molar-refractivity contribution in [2.24, 2.45) is 0 Å². The Bertz CT molecular complexity index is 838. The van der Waals surface area contributed by atoms with Gasteiger partial charge in [-0.3, -0.25) is 0 Å². The molecule has 0 aliphatic heterocycles. The lowest BCUT2D eigenvalue weighted by Crippen LogP contribution is -2.07. The van der Waals surface area contributed by atoms with E-state index in [2.05, 4.69) is 85.0 Å². The van der Waals surface area contributed by atoms with Gasteiger partial charge in [-0.1, -0.05) is 12.1 Å². The molecule has 0 amide bonds. The Hall–Kier alpha value is -1.28. The third kappa shape index (κ3) is 3.16. The first-order valence-corrected chi connectivity index (χ1v) is 8.33. The molecule has 0 saturated heterocycles. The number of aromatic amines is 2. The minimum Gasteiger partial charge on any atom is -0.378 e. The average Bonchev–Trinajstić information content (AvgIpc) is 2.79. The van der Waals surface area contributed by atoms with Crippen molar-refractivity contribution in [2.45, 2.75) is 13.0 Å². The Morgan fingerprint density at radius 3 is 2.43 bits per heavy atom. The number of fused-ring (bicyclic) bond motifs is 1. The summed E-state index contributed by atoms with van der Waals surface area (Å²) in [6, 6.07) is 12.4. The molecule has 1 unspecified atom stereocenters. The lowest BCUT2D eigenvalue weighted by Gasteiger charge is -2.17. The van der Waals surface area contributed by atoms with Gasteiger partial charge in [0.1, 0.15) is 0 Å². The molecule has 0 saturated carbocycles. The van der Waals surface area contributed by atoms with Gasteiger partial charge in [-0.25, -0.2) is 4.79 Å². The fourth-order valence-corrected chi connectivity index (χ4v) is 3.05. The van der Waals surface area contributed by atoms with Crippen LogP contribution in [0.25, 0.3) is 11.0 Å². The van der Waals surface area contributed by atoms with Crippen molar-refractivity contribution < 1.29 is 0 Å². The summed E-state index contributed by atoms with van der Waals surface area (Å²) in [6.45, 7) is 2.11. The highest BCUT2D eigenvalue weighted by molar-refractivity contribution is 14.1.